The zero-order valence-electron chi connectivity index (χ0n) is 7.74. The summed E-state index contributed by atoms with van der Waals surface area (Å²) in [5.74, 6) is -0.910. The van der Waals surface area contributed by atoms with Gasteiger partial charge in [0.1, 0.15) is 6.04 Å². The second-order valence-corrected chi connectivity index (χ2v) is 3.51. The standard InChI is InChI=1S/C9H17NO3/c10-8(9(11)12)5-1-3-7-4-2-6-13-7/h7-8H,1-6,10H2,(H,11,12)/t7?,8-/m1/s1. The van der Waals surface area contributed by atoms with Crippen molar-refractivity contribution >= 4 is 5.97 Å². The minimum absolute atomic E-state index is 0.348. The summed E-state index contributed by atoms with van der Waals surface area (Å²) in [5.41, 5.74) is 5.36. The zero-order valence-corrected chi connectivity index (χ0v) is 7.74. The Hall–Kier alpha value is -0.610. The van der Waals surface area contributed by atoms with Gasteiger partial charge in [0, 0.05) is 6.61 Å². The molecule has 0 spiro atoms. The summed E-state index contributed by atoms with van der Waals surface area (Å²) in [7, 11) is 0. The SMILES string of the molecule is N[C@H](CCCC1CCCO1)C(=O)O. The molecule has 13 heavy (non-hydrogen) atoms. The van der Waals surface area contributed by atoms with Crippen LogP contribution >= 0.6 is 0 Å². The zero-order chi connectivity index (χ0) is 9.68. The van der Waals surface area contributed by atoms with Crippen LogP contribution in [-0.2, 0) is 9.53 Å². The molecule has 76 valence electrons. The molecule has 0 radical (unpaired) electrons. The second kappa shape index (κ2) is 5.19. The first kappa shape index (κ1) is 10.5. The number of hydrogen-bond acceptors (Lipinski definition) is 3. The van der Waals surface area contributed by atoms with Crippen LogP contribution < -0.4 is 5.73 Å². The number of rotatable bonds is 5. The van der Waals surface area contributed by atoms with E-state index in [1.54, 1.807) is 0 Å². The molecule has 1 heterocycles. The molecule has 2 atom stereocenters. The van der Waals surface area contributed by atoms with E-state index in [0.717, 1.165) is 32.3 Å². The summed E-state index contributed by atoms with van der Waals surface area (Å²) >= 11 is 0. The maximum absolute atomic E-state index is 10.4. The van der Waals surface area contributed by atoms with E-state index in [1.165, 1.54) is 0 Å². The second-order valence-electron chi connectivity index (χ2n) is 3.51. The normalized spacial score (nSPS) is 24.5. The van der Waals surface area contributed by atoms with Crippen molar-refractivity contribution in [3.05, 3.63) is 0 Å². The fourth-order valence-electron chi connectivity index (χ4n) is 1.56. The van der Waals surface area contributed by atoms with Gasteiger partial charge in [-0.3, -0.25) is 4.79 Å². The first-order valence-electron chi connectivity index (χ1n) is 4.80. The quantitative estimate of drug-likeness (QED) is 0.666. The lowest BCUT2D eigenvalue weighted by Crippen LogP contribution is -2.30. The minimum Gasteiger partial charge on any atom is -0.480 e. The van der Waals surface area contributed by atoms with Crippen molar-refractivity contribution in [2.45, 2.75) is 44.2 Å². The highest BCUT2D eigenvalue weighted by molar-refractivity contribution is 5.72. The predicted molar refractivity (Wildman–Crippen MR) is 48.4 cm³/mol. The van der Waals surface area contributed by atoms with Gasteiger partial charge in [0.05, 0.1) is 6.10 Å². The number of ether oxygens (including phenoxy) is 1. The molecule has 3 N–H and O–H groups in total. The van der Waals surface area contributed by atoms with Crippen molar-refractivity contribution in [2.75, 3.05) is 6.61 Å². The average molecular weight is 187 g/mol. The van der Waals surface area contributed by atoms with E-state index in [-0.39, 0.29) is 0 Å². The van der Waals surface area contributed by atoms with E-state index in [4.69, 9.17) is 15.6 Å². The maximum atomic E-state index is 10.4. The van der Waals surface area contributed by atoms with Crippen LogP contribution in [0.25, 0.3) is 0 Å². The number of carbonyl (C=O) groups is 1. The molecular weight excluding hydrogens is 170 g/mol. The van der Waals surface area contributed by atoms with Gasteiger partial charge >= 0.3 is 5.97 Å². The molecule has 0 amide bonds. The Bertz CT molecular complexity index is 166. The first-order valence-corrected chi connectivity index (χ1v) is 4.80. The highest BCUT2D eigenvalue weighted by atomic mass is 16.5. The van der Waals surface area contributed by atoms with Crippen LogP contribution in [0.1, 0.15) is 32.1 Å². The summed E-state index contributed by atoms with van der Waals surface area (Å²) in [6.45, 7) is 0.857. The molecule has 1 unspecified atom stereocenters. The van der Waals surface area contributed by atoms with E-state index in [2.05, 4.69) is 0 Å². The van der Waals surface area contributed by atoms with Crippen molar-refractivity contribution in [1.29, 1.82) is 0 Å². The van der Waals surface area contributed by atoms with Crippen molar-refractivity contribution < 1.29 is 14.6 Å². The fourth-order valence-corrected chi connectivity index (χ4v) is 1.56. The van der Waals surface area contributed by atoms with Crippen LogP contribution in [0.2, 0.25) is 0 Å². The van der Waals surface area contributed by atoms with Crippen molar-refractivity contribution in [3.63, 3.8) is 0 Å². The lowest BCUT2D eigenvalue weighted by Gasteiger charge is -2.10. The van der Waals surface area contributed by atoms with Gasteiger partial charge in [-0.05, 0) is 32.1 Å². The average Bonchev–Trinajstić information content (AvgIpc) is 2.56. The largest absolute Gasteiger partial charge is 0.480 e. The van der Waals surface area contributed by atoms with Crippen molar-refractivity contribution in [2.24, 2.45) is 5.73 Å². The molecule has 0 saturated carbocycles. The third-order valence-corrected chi connectivity index (χ3v) is 2.38. The monoisotopic (exact) mass is 187 g/mol. The summed E-state index contributed by atoms with van der Waals surface area (Å²) in [6.07, 6.45) is 4.94. The van der Waals surface area contributed by atoms with Gasteiger partial charge in [-0.1, -0.05) is 0 Å². The third-order valence-electron chi connectivity index (χ3n) is 2.38. The Morgan fingerprint density at radius 2 is 2.46 bits per heavy atom. The summed E-state index contributed by atoms with van der Waals surface area (Å²) in [4.78, 5) is 10.4. The third kappa shape index (κ3) is 3.74. The Morgan fingerprint density at radius 3 is 3.00 bits per heavy atom. The molecule has 4 nitrogen and oxygen atoms in total. The highest BCUT2D eigenvalue weighted by Gasteiger charge is 2.16. The van der Waals surface area contributed by atoms with E-state index in [1.807, 2.05) is 0 Å². The smallest absolute Gasteiger partial charge is 0.320 e. The Morgan fingerprint density at radius 1 is 1.69 bits per heavy atom. The summed E-state index contributed by atoms with van der Waals surface area (Å²) < 4.78 is 5.41. The predicted octanol–water partition coefficient (Wildman–Crippen LogP) is 0.748. The van der Waals surface area contributed by atoms with Crippen LogP contribution in [0.4, 0.5) is 0 Å². The number of carboxylic acid groups (broad SMARTS) is 1. The van der Waals surface area contributed by atoms with Crippen LogP contribution in [0.3, 0.4) is 0 Å². The van der Waals surface area contributed by atoms with Crippen LogP contribution in [0.15, 0.2) is 0 Å². The lowest BCUT2D eigenvalue weighted by atomic mass is 10.1. The molecule has 1 fully saturated rings. The maximum Gasteiger partial charge on any atom is 0.320 e. The number of aliphatic carboxylic acids is 1. The van der Waals surface area contributed by atoms with Crippen molar-refractivity contribution in [3.8, 4) is 0 Å². The van der Waals surface area contributed by atoms with Gasteiger partial charge in [0.2, 0.25) is 0 Å². The lowest BCUT2D eigenvalue weighted by molar-refractivity contribution is -0.138. The summed E-state index contributed by atoms with van der Waals surface area (Å²) in [6, 6.07) is -0.707. The number of carboxylic acids is 1. The molecule has 1 saturated heterocycles. The highest BCUT2D eigenvalue weighted by Crippen LogP contribution is 2.17. The molecule has 0 aromatic carbocycles. The van der Waals surface area contributed by atoms with Gasteiger partial charge < -0.3 is 15.6 Å². The minimum atomic E-state index is -0.910. The molecule has 4 heteroatoms. The van der Waals surface area contributed by atoms with Crippen LogP contribution in [0.5, 0.6) is 0 Å². The first-order chi connectivity index (χ1) is 6.20. The van der Waals surface area contributed by atoms with Gasteiger partial charge in [-0.25, -0.2) is 0 Å². The molecule has 1 rings (SSSR count). The number of hydrogen-bond donors (Lipinski definition) is 2. The van der Waals surface area contributed by atoms with Gasteiger partial charge in [-0.15, -0.1) is 0 Å². The Balaban J connectivity index is 2.02. The molecule has 1 aliphatic heterocycles. The van der Waals surface area contributed by atoms with Gasteiger partial charge in [0.25, 0.3) is 0 Å². The molecule has 0 aromatic heterocycles. The topological polar surface area (TPSA) is 72.5 Å². The molecule has 0 aromatic rings. The van der Waals surface area contributed by atoms with Gasteiger partial charge in [-0.2, -0.15) is 0 Å². The van der Waals surface area contributed by atoms with Gasteiger partial charge in [0.15, 0.2) is 0 Å². The van der Waals surface area contributed by atoms with Crippen LogP contribution in [0, 0.1) is 0 Å². The molecular formula is C9H17NO3. The van der Waals surface area contributed by atoms with E-state index in [9.17, 15) is 4.79 Å². The molecule has 0 aliphatic carbocycles. The van der Waals surface area contributed by atoms with E-state index < -0.39 is 12.0 Å². The molecule has 0 bridgehead atoms. The van der Waals surface area contributed by atoms with E-state index in [0.29, 0.717) is 12.5 Å². The number of nitrogens with two attached hydrogens (primary N) is 1. The molecule has 1 aliphatic rings. The summed E-state index contributed by atoms with van der Waals surface area (Å²) in [5, 5.41) is 8.52. The fraction of sp³-hybridized carbons (Fsp3) is 0.889. The Kier molecular flexibility index (Phi) is 4.18. The van der Waals surface area contributed by atoms with Crippen LogP contribution in [-0.4, -0.2) is 29.8 Å². The van der Waals surface area contributed by atoms with Crippen molar-refractivity contribution in [1.82, 2.24) is 0 Å². The van der Waals surface area contributed by atoms with E-state index >= 15 is 0 Å². The Labute approximate surface area is 78.1 Å².